The molecule has 7 nitrogen and oxygen atoms in total. The number of methoxy groups -OCH3 is 1. The van der Waals surface area contributed by atoms with Crippen molar-refractivity contribution in [3.8, 4) is 33.8 Å². The molecule has 0 spiro atoms. The van der Waals surface area contributed by atoms with Crippen LogP contribution in [0.1, 0.15) is 62.3 Å². The molecule has 3 heterocycles. The molecule has 202 valence electrons. The highest BCUT2D eigenvalue weighted by Gasteiger charge is 2.36. The van der Waals surface area contributed by atoms with E-state index in [0.717, 1.165) is 60.6 Å². The van der Waals surface area contributed by atoms with E-state index < -0.39 is 11.4 Å². The summed E-state index contributed by atoms with van der Waals surface area (Å²) in [4.78, 5) is 28.8. The quantitative estimate of drug-likeness (QED) is 0.452. The van der Waals surface area contributed by atoms with E-state index in [1.807, 2.05) is 0 Å². The number of nitrogens with one attached hydrogen (secondary N) is 1. The van der Waals surface area contributed by atoms with Crippen LogP contribution in [0.4, 0.5) is 9.52 Å². The summed E-state index contributed by atoms with van der Waals surface area (Å²) < 4.78 is 21.0. The van der Waals surface area contributed by atoms with Crippen molar-refractivity contribution in [3.63, 3.8) is 0 Å². The number of hydrogen-bond donors (Lipinski definition) is 1. The number of piperidine rings is 1. The zero-order valence-electron chi connectivity index (χ0n) is 22.3. The zero-order valence-corrected chi connectivity index (χ0v) is 23.2. The van der Waals surface area contributed by atoms with E-state index >= 15 is 4.39 Å². The van der Waals surface area contributed by atoms with Gasteiger partial charge in [-0.05, 0) is 49.4 Å². The fourth-order valence-corrected chi connectivity index (χ4v) is 7.02. The minimum absolute atomic E-state index is 0.167. The van der Waals surface area contributed by atoms with Gasteiger partial charge in [0.2, 0.25) is 5.91 Å². The number of nitrogens with zero attached hydrogens (tertiary/aromatic N) is 4. The van der Waals surface area contributed by atoms with Crippen LogP contribution in [0.5, 0.6) is 0 Å². The third kappa shape index (κ3) is 5.33. The lowest BCUT2D eigenvalue weighted by atomic mass is 9.90. The van der Waals surface area contributed by atoms with Crippen LogP contribution in [0.3, 0.4) is 0 Å². The Labute approximate surface area is 232 Å². The lowest BCUT2D eigenvalue weighted by Crippen LogP contribution is -2.47. The van der Waals surface area contributed by atoms with E-state index in [4.69, 9.17) is 9.72 Å². The predicted molar refractivity (Wildman–Crippen MR) is 150 cm³/mol. The van der Waals surface area contributed by atoms with Crippen molar-refractivity contribution in [1.82, 2.24) is 19.9 Å². The minimum Gasteiger partial charge on any atom is -0.365 e. The Morgan fingerprint density at radius 1 is 1.21 bits per heavy atom. The van der Waals surface area contributed by atoms with E-state index in [0.29, 0.717) is 28.1 Å². The summed E-state index contributed by atoms with van der Waals surface area (Å²) in [6.45, 7) is 3.45. The lowest BCUT2D eigenvalue weighted by molar-refractivity contribution is -0.114. The number of likely N-dealkylation sites (tertiary alicyclic amines) is 1. The highest BCUT2D eigenvalue weighted by atomic mass is 32.1. The lowest BCUT2D eigenvalue weighted by Gasteiger charge is -2.40. The molecule has 0 atom stereocenters. The molecular formula is C30H32FN5O2S. The number of benzene rings is 1. The number of amides is 1. The smallest absolute Gasteiger partial charge is 0.223 e. The summed E-state index contributed by atoms with van der Waals surface area (Å²) in [6, 6.07) is 5.56. The first-order chi connectivity index (χ1) is 18.9. The Morgan fingerprint density at radius 2 is 2.00 bits per heavy atom. The Balaban J connectivity index is 1.26. The number of halogens is 1. The monoisotopic (exact) mass is 545 g/mol. The van der Waals surface area contributed by atoms with E-state index in [2.05, 4.69) is 32.0 Å². The molecule has 0 bridgehead atoms. The molecule has 9 heteroatoms. The number of thiazole rings is 1. The number of carbonyl (C=O) groups is 1. The van der Waals surface area contributed by atoms with Crippen molar-refractivity contribution in [2.75, 3.05) is 25.5 Å². The van der Waals surface area contributed by atoms with Crippen molar-refractivity contribution < 1.29 is 13.9 Å². The number of anilines is 1. The standard InChI is InChI=1S/C30H32FN5O2S/c1-19(37)33-29-34-25-10-8-21-18-32-28(35-26(21)27(25)39-29)23-17-20(7-9-24(23)31)11-12-30(38-2)13-15-36(16-14-30)22-5-3-4-6-22/h7,9,17-18,22H,3-6,8,10,13-16H2,1-2H3,(H,33,34,37). The van der Waals surface area contributed by atoms with Crippen LogP contribution < -0.4 is 5.32 Å². The Hall–Kier alpha value is -3.19. The average Bonchev–Trinajstić information content (AvgIpc) is 3.63. The van der Waals surface area contributed by atoms with Gasteiger partial charge in [-0.3, -0.25) is 4.79 Å². The summed E-state index contributed by atoms with van der Waals surface area (Å²) in [5, 5.41) is 3.30. The van der Waals surface area contributed by atoms with Crippen LogP contribution in [0.2, 0.25) is 0 Å². The number of rotatable bonds is 4. The molecule has 2 fully saturated rings. The molecule has 0 unspecified atom stereocenters. The number of aromatic nitrogens is 3. The highest BCUT2D eigenvalue weighted by molar-refractivity contribution is 7.19. The molecule has 2 aliphatic carbocycles. The van der Waals surface area contributed by atoms with E-state index in [1.165, 1.54) is 50.0 Å². The first-order valence-corrected chi connectivity index (χ1v) is 14.5. The van der Waals surface area contributed by atoms with Gasteiger partial charge in [-0.15, -0.1) is 0 Å². The number of ether oxygens (including phenoxy) is 1. The van der Waals surface area contributed by atoms with Crippen molar-refractivity contribution in [2.45, 2.75) is 69.9 Å². The largest absolute Gasteiger partial charge is 0.365 e. The predicted octanol–water partition coefficient (Wildman–Crippen LogP) is 5.24. The summed E-state index contributed by atoms with van der Waals surface area (Å²) in [5.74, 6) is 6.40. The van der Waals surface area contributed by atoms with E-state index in [1.54, 1.807) is 25.4 Å². The maximum absolute atomic E-state index is 15.0. The zero-order chi connectivity index (χ0) is 27.0. The van der Waals surface area contributed by atoms with Crippen LogP contribution in [0.25, 0.3) is 22.0 Å². The second kappa shape index (κ2) is 10.8. The van der Waals surface area contributed by atoms with Crippen LogP contribution in [0, 0.1) is 17.7 Å². The molecule has 39 heavy (non-hydrogen) atoms. The van der Waals surface area contributed by atoms with Crippen molar-refractivity contribution in [3.05, 3.63) is 47.0 Å². The van der Waals surface area contributed by atoms with Gasteiger partial charge in [-0.1, -0.05) is 36.0 Å². The van der Waals surface area contributed by atoms with E-state index in [-0.39, 0.29) is 5.91 Å². The van der Waals surface area contributed by atoms with Gasteiger partial charge >= 0.3 is 0 Å². The molecule has 3 aliphatic rings. The van der Waals surface area contributed by atoms with Gasteiger partial charge in [0.25, 0.3) is 0 Å². The third-order valence-corrected chi connectivity index (χ3v) is 9.19. The molecule has 1 saturated carbocycles. The maximum Gasteiger partial charge on any atom is 0.223 e. The second-order valence-corrected chi connectivity index (χ2v) is 11.7. The molecule has 3 aromatic rings. The maximum atomic E-state index is 15.0. The fourth-order valence-electron chi connectivity index (χ4n) is 5.94. The van der Waals surface area contributed by atoms with Gasteiger partial charge in [0.15, 0.2) is 11.0 Å². The number of hydrogen-bond acceptors (Lipinski definition) is 7. The summed E-state index contributed by atoms with van der Waals surface area (Å²) in [6.07, 6.45) is 10.3. The second-order valence-electron chi connectivity index (χ2n) is 10.7. The normalized spacial score (nSPS) is 18.6. The first kappa shape index (κ1) is 26.1. The Bertz CT molecular complexity index is 1460. The van der Waals surface area contributed by atoms with Crippen molar-refractivity contribution in [1.29, 1.82) is 0 Å². The van der Waals surface area contributed by atoms with Crippen molar-refractivity contribution in [2.24, 2.45) is 0 Å². The molecule has 6 rings (SSSR count). The van der Waals surface area contributed by atoms with Gasteiger partial charge in [-0.25, -0.2) is 19.3 Å². The SMILES string of the molecule is COC1(C#Cc2ccc(F)c(-c3ncc4c(n3)-c3sc(NC(C)=O)nc3CC4)c2)CCN(C2CCCC2)CC1. The number of carbonyl (C=O) groups excluding carboxylic acids is 1. The summed E-state index contributed by atoms with van der Waals surface area (Å²) in [5.41, 5.74) is 3.16. The van der Waals surface area contributed by atoms with E-state index in [9.17, 15) is 4.79 Å². The van der Waals surface area contributed by atoms with Crippen LogP contribution in [-0.2, 0) is 22.4 Å². The van der Waals surface area contributed by atoms with Gasteiger partial charge in [0, 0.05) is 57.8 Å². The fraction of sp³-hybridized carbons (Fsp3) is 0.467. The molecule has 0 radical (unpaired) electrons. The minimum atomic E-state index is -0.486. The highest BCUT2D eigenvalue weighted by Crippen LogP contribution is 2.39. The molecule has 1 aromatic carbocycles. The Morgan fingerprint density at radius 3 is 2.74 bits per heavy atom. The first-order valence-electron chi connectivity index (χ1n) is 13.7. The molecular weight excluding hydrogens is 513 g/mol. The number of fused-ring (bicyclic) bond motifs is 3. The van der Waals surface area contributed by atoms with Crippen LogP contribution in [-0.4, -0.2) is 57.6 Å². The molecule has 1 N–H and O–H groups in total. The van der Waals surface area contributed by atoms with Gasteiger partial charge in [0.05, 0.1) is 21.8 Å². The number of aryl methyl sites for hydroxylation is 2. The molecule has 2 aromatic heterocycles. The summed E-state index contributed by atoms with van der Waals surface area (Å²) >= 11 is 1.38. The van der Waals surface area contributed by atoms with Crippen LogP contribution in [0.15, 0.2) is 24.4 Å². The third-order valence-electron chi connectivity index (χ3n) is 8.17. The molecule has 1 aliphatic heterocycles. The van der Waals surface area contributed by atoms with Gasteiger partial charge < -0.3 is 15.0 Å². The van der Waals surface area contributed by atoms with Crippen LogP contribution >= 0.6 is 11.3 Å². The van der Waals surface area contributed by atoms with Crippen molar-refractivity contribution >= 4 is 22.4 Å². The average molecular weight is 546 g/mol. The Kier molecular flexibility index (Phi) is 7.19. The molecule has 1 amide bonds. The van der Waals surface area contributed by atoms with Gasteiger partial charge in [-0.2, -0.15) is 0 Å². The summed E-state index contributed by atoms with van der Waals surface area (Å²) in [7, 11) is 1.74. The molecule has 1 saturated heterocycles. The van der Waals surface area contributed by atoms with Gasteiger partial charge in [0.1, 0.15) is 11.4 Å². The topological polar surface area (TPSA) is 80.2 Å².